The first-order chi connectivity index (χ1) is 8.53. The molecular weight excluding hydrogens is 222 g/mol. The maximum absolute atomic E-state index is 8.95. The van der Waals surface area contributed by atoms with Crippen molar-refractivity contribution in [2.75, 3.05) is 6.54 Å². The molecule has 3 heteroatoms. The highest BCUT2D eigenvalue weighted by Crippen LogP contribution is 2.20. The number of hydrogen-bond acceptors (Lipinski definition) is 2. The predicted octanol–water partition coefficient (Wildman–Crippen LogP) is 2.61. The maximum Gasteiger partial charge on any atom is 0.101 e. The summed E-state index contributed by atoms with van der Waals surface area (Å²) >= 11 is 0. The minimum atomic E-state index is -0.454. The summed E-state index contributed by atoms with van der Waals surface area (Å²) in [4.78, 5) is 0. The molecule has 0 spiro atoms. The summed E-state index contributed by atoms with van der Waals surface area (Å²) in [7, 11) is 2.07. The Kier molecular flexibility index (Phi) is 3.40. The van der Waals surface area contributed by atoms with Crippen LogP contribution in [0.15, 0.2) is 30.5 Å². The van der Waals surface area contributed by atoms with Crippen molar-refractivity contribution in [2.45, 2.75) is 25.8 Å². The molecule has 0 atom stereocenters. The topological polar surface area (TPSA) is 40.8 Å². The van der Waals surface area contributed by atoms with E-state index in [2.05, 4.69) is 53.5 Å². The van der Waals surface area contributed by atoms with Gasteiger partial charge in [-0.05, 0) is 31.9 Å². The van der Waals surface area contributed by atoms with Crippen LogP contribution in [0.4, 0.5) is 0 Å². The first kappa shape index (κ1) is 12.7. The third-order valence-corrected chi connectivity index (χ3v) is 3.22. The molecule has 0 aliphatic rings. The zero-order valence-electron chi connectivity index (χ0n) is 11.2. The van der Waals surface area contributed by atoms with Crippen LogP contribution in [0.1, 0.15) is 19.4 Å². The molecule has 1 aromatic heterocycles. The van der Waals surface area contributed by atoms with Crippen molar-refractivity contribution in [3.8, 4) is 6.07 Å². The molecule has 3 nitrogen and oxygen atoms in total. The number of nitrogens with one attached hydrogen (secondary N) is 1. The van der Waals surface area contributed by atoms with Crippen LogP contribution in [0, 0.1) is 11.3 Å². The molecule has 2 aromatic rings. The molecule has 0 amide bonds. The minimum Gasteiger partial charge on any atom is -0.350 e. The number of rotatable bonds is 4. The fourth-order valence-corrected chi connectivity index (χ4v) is 2.17. The summed E-state index contributed by atoms with van der Waals surface area (Å²) < 4.78 is 2.15. The Hall–Kier alpha value is -1.79. The van der Waals surface area contributed by atoms with Gasteiger partial charge >= 0.3 is 0 Å². The van der Waals surface area contributed by atoms with E-state index in [4.69, 9.17) is 5.26 Å². The van der Waals surface area contributed by atoms with E-state index in [-0.39, 0.29) is 0 Å². The molecule has 1 heterocycles. The number of benzene rings is 1. The second-order valence-electron chi connectivity index (χ2n) is 5.20. The minimum absolute atomic E-state index is 0.454. The van der Waals surface area contributed by atoms with Crippen molar-refractivity contribution >= 4 is 10.9 Å². The highest BCUT2D eigenvalue weighted by molar-refractivity contribution is 5.83. The van der Waals surface area contributed by atoms with Gasteiger partial charge in [0.2, 0.25) is 0 Å². The third kappa shape index (κ3) is 2.55. The van der Waals surface area contributed by atoms with Crippen LogP contribution in [0.2, 0.25) is 0 Å². The quantitative estimate of drug-likeness (QED) is 0.894. The van der Waals surface area contributed by atoms with Gasteiger partial charge in [-0.1, -0.05) is 18.2 Å². The summed E-state index contributed by atoms with van der Waals surface area (Å²) in [5, 5.41) is 13.5. The number of aryl methyl sites for hydroxylation is 1. The van der Waals surface area contributed by atoms with Gasteiger partial charge in [0.15, 0.2) is 0 Å². The molecule has 0 bridgehead atoms. The van der Waals surface area contributed by atoms with E-state index in [0.717, 1.165) is 13.0 Å². The first-order valence-electron chi connectivity index (χ1n) is 6.23. The van der Waals surface area contributed by atoms with E-state index in [9.17, 15) is 0 Å². The summed E-state index contributed by atoms with van der Waals surface area (Å²) in [6, 6.07) is 10.7. The monoisotopic (exact) mass is 241 g/mol. The van der Waals surface area contributed by atoms with Gasteiger partial charge in [0.25, 0.3) is 0 Å². The summed E-state index contributed by atoms with van der Waals surface area (Å²) in [6.45, 7) is 4.61. The molecule has 0 aliphatic heterocycles. The van der Waals surface area contributed by atoms with Gasteiger partial charge in [-0.25, -0.2) is 0 Å². The van der Waals surface area contributed by atoms with Gasteiger partial charge in [0.05, 0.1) is 6.07 Å². The van der Waals surface area contributed by atoms with Gasteiger partial charge in [0, 0.05) is 30.7 Å². The molecule has 18 heavy (non-hydrogen) atoms. The molecule has 0 saturated carbocycles. The first-order valence-corrected chi connectivity index (χ1v) is 6.23. The SMILES string of the molecule is Cn1cc(CCNC(C)(C)C#N)c2ccccc21. The van der Waals surface area contributed by atoms with E-state index in [1.54, 1.807) is 0 Å². The van der Waals surface area contributed by atoms with Gasteiger partial charge in [-0.2, -0.15) is 5.26 Å². The summed E-state index contributed by atoms with van der Waals surface area (Å²) in [5.41, 5.74) is 2.13. The molecule has 0 fully saturated rings. The Bertz CT molecular complexity index is 587. The van der Waals surface area contributed by atoms with E-state index < -0.39 is 5.54 Å². The molecule has 0 unspecified atom stereocenters. The lowest BCUT2D eigenvalue weighted by Crippen LogP contribution is -2.38. The summed E-state index contributed by atoms with van der Waals surface area (Å²) in [6.07, 6.45) is 3.11. The number of fused-ring (bicyclic) bond motifs is 1. The molecule has 1 aromatic carbocycles. The normalized spacial score (nSPS) is 11.7. The number of para-hydroxylation sites is 1. The van der Waals surface area contributed by atoms with Crippen molar-refractivity contribution in [2.24, 2.45) is 7.05 Å². The van der Waals surface area contributed by atoms with E-state index in [1.165, 1.54) is 16.5 Å². The lowest BCUT2D eigenvalue weighted by molar-refractivity contribution is 0.490. The Labute approximate surface area is 108 Å². The van der Waals surface area contributed by atoms with Crippen molar-refractivity contribution in [3.63, 3.8) is 0 Å². The number of aromatic nitrogens is 1. The highest BCUT2D eigenvalue weighted by atomic mass is 15.0. The number of nitrogens with zero attached hydrogens (tertiary/aromatic N) is 2. The van der Waals surface area contributed by atoms with Gasteiger partial charge < -0.3 is 4.57 Å². The standard InChI is InChI=1S/C15H19N3/c1-15(2,11-16)17-9-8-12-10-18(3)14-7-5-4-6-13(12)14/h4-7,10,17H,8-9H2,1-3H3. The molecule has 94 valence electrons. The molecular formula is C15H19N3. The van der Waals surface area contributed by atoms with Crippen LogP contribution in [-0.2, 0) is 13.5 Å². The van der Waals surface area contributed by atoms with Crippen LogP contribution in [0.5, 0.6) is 0 Å². The second-order valence-corrected chi connectivity index (χ2v) is 5.20. The zero-order chi connectivity index (χ0) is 13.2. The van der Waals surface area contributed by atoms with Crippen molar-refractivity contribution in [1.29, 1.82) is 5.26 Å². The lowest BCUT2D eigenvalue weighted by Gasteiger charge is -2.16. The average Bonchev–Trinajstić information content (AvgIpc) is 2.67. The van der Waals surface area contributed by atoms with E-state index in [1.807, 2.05) is 13.8 Å². The van der Waals surface area contributed by atoms with Crippen LogP contribution in [-0.4, -0.2) is 16.7 Å². The predicted molar refractivity (Wildman–Crippen MR) is 74.3 cm³/mol. The Morgan fingerprint density at radius 3 is 2.78 bits per heavy atom. The number of hydrogen-bond donors (Lipinski definition) is 1. The Morgan fingerprint density at radius 2 is 2.06 bits per heavy atom. The summed E-state index contributed by atoms with van der Waals surface area (Å²) in [5.74, 6) is 0. The number of nitriles is 1. The van der Waals surface area contributed by atoms with Crippen LogP contribution >= 0.6 is 0 Å². The van der Waals surface area contributed by atoms with Crippen molar-refractivity contribution in [3.05, 3.63) is 36.0 Å². The van der Waals surface area contributed by atoms with Gasteiger partial charge in [-0.3, -0.25) is 5.32 Å². The zero-order valence-corrected chi connectivity index (χ0v) is 11.2. The highest BCUT2D eigenvalue weighted by Gasteiger charge is 2.15. The Morgan fingerprint density at radius 1 is 1.33 bits per heavy atom. The third-order valence-electron chi connectivity index (χ3n) is 3.22. The van der Waals surface area contributed by atoms with Crippen LogP contribution in [0.3, 0.4) is 0 Å². The second kappa shape index (κ2) is 4.83. The fourth-order valence-electron chi connectivity index (χ4n) is 2.17. The largest absolute Gasteiger partial charge is 0.350 e. The molecule has 0 radical (unpaired) electrons. The van der Waals surface area contributed by atoms with E-state index >= 15 is 0 Å². The molecule has 0 aliphatic carbocycles. The fraction of sp³-hybridized carbons (Fsp3) is 0.400. The molecule has 2 rings (SSSR count). The van der Waals surface area contributed by atoms with Crippen molar-refractivity contribution in [1.82, 2.24) is 9.88 Å². The molecule has 0 saturated heterocycles. The van der Waals surface area contributed by atoms with Gasteiger partial charge in [-0.15, -0.1) is 0 Å². The molecule has 1 N–H and O–H groups in total. The lowest BCUT2D eigenvalue weighted by atomic mass is 10.1. The maximum atomic E-state index is 8.95. The average molecular weight is 241 g/mol. The van der Waals surface area contributed by atoms with Crippen molar-refractivity contribution < 1.29 is 0 Å². The van der Waals surface area contributed by atoms with Crippen LogP contribution in [0.25, 0.3) is 10.9 Å². The smallest absolute Gasteiger partial charge is 0.101 e. The Balaban J connectivity index is 2.12. The van der Waals surface area contributed by atoms with Crippen LogP contribution < -0.4 is 5.32 Å². The van der Waals surface area contributed by atoms with E-state index in [0.29, 0.717) is 0 Å². The van der Waals surface area contributed by atoms with Gasteiger partial charge in [0.1, 0.15) is 5.54 Å².